The molecule has 1 aliphatic rings. The van der Waals surface area contributed by atoms with Crippen LogP contribution >= 0.6 is 0 Å². The summed E-state index contributed by atoms with van der Waals surface area (Å²) in [5, 5.41) is 3.53. The Morgan fingerprint density at radius 3 is 2.43 bits per heavy atom. The maximum absolute atomic E-state index is 13.0. The highest BCUT2D eigenvalue weighted by molar-refractivity contribution is 6.01. The van der Waals surface area contributed by atoms with E-state index in [4.69, 9.17) is 4.74 Å². The topological polar surface area (TPSA) is 41.6 Å². The summed E-state index contributed by atoms with van der Waals surface area (Å²) < 4.78 is 5.88. The number of ether oxygens (including phenoxy) is 1. The van der Waals surface area contributed by atoms with Gasteiger partial charge in [-0.15, -0.1) is 0 Å². The van der Waals surface area contributed by atoms with Gasteiger partial charge in [0, 0.05) is 12.2 Å². The molecule has 0 radical (unpaired) electrons. The SMILES string of the molecule is CCCCCCCOc1ccc(C2Nc3ccccc3C(=O)N2CCC)cc1. The third kappa shape index (κ3) is 4.86. The number of hydrogen-bond acceptors (Lipinski definition) is 3. The minimum absolute atomic E-state index is 0.0913. The maximum atomic E-state index is 13.0. The van der Waals surface area contributed by atoms with E-state index in [1.54, 1.807) is 0 Å². The molecule has 150 valence electrons. The number of nitrogens with zero attached hydrogens (tertiary/aromatic N) is 1. The van der Waals surface area contributed by atoms with E-state index in [1.807, 2.05) is 41.3 Å². The van der Waals surface area contributed by atoms with E-state index in [9.17, 15) is 4.79 Å². The molecule has 0 fully saturated rings. The molecule has 0 aromatic heterocycles. The van der Waals surface area contributed by atoms with Gasteiger partial charge in [0.1, 0.15) is 11.9 Å². The number of anilines is 1. The van der Waals surface area contributed by atoms with E-state index in [0.29, 0.717) is 0 Å². The normalized spacial score (nSPS) is 15.9. The van der Waals surface area contributed by atoms with E-state index in [2.05, 4.69) is 31.3 Å². The van der Waals surface area contributed by atoms with Crippen LogP contribution < -0.4 is 10.1 Å². The number of rotatable bonds is 10. The Kier molecular flexibility index (Phi) is 7.35. The lowest BCUT2D eigenvalue weighted by Gasteiger charge is -2.38. The van der Waals surface area contributed by atoms with Gasteiger partial charge in [0.2, 0.25) is 0 Å². The molecule has 1 amide bonds. The van der Waals surface area contributed by atoms with Crippen LogP contribution in [0.3, 0.4) is 0 Å². The molecule has 2 aromatic carbocycles. The Morgan fingerprint density at radius 1 is 0.929 bits per heavy atom. The van der Waals surface area contributed by atoms with Crippen LogP contribution in [0.1, 0.15) is 74.5 Å². The zero-order valence-corrected chi connectivity index (χ0v) is 17.1. The first-order valence-corrected chi connectivity index (χ1v) is 10.6. The Morgan fingerprint density at radius 2 is 1.68 bits per heavy atom. The Balaban J connectivity index is 1.65. The van der Waals surface area contributed by atoms with Crippen LogP contribution in [0.2, 0.25) is 0 Å². The lowest BCUT2D eigenvalue weighted by Crippen LogP contribution is -2.43. The number of carbonyl (C=O) groups excluding carboxylic acids is 1. The highest BCUT2D eigenvalue weighted by atomic mass is 16.5. The van der Waals surface area contributed by atoms with Gasteiger partial charge in [-0.2, -0.15) is 0 Å². The molecular formula is C24H32N2O2. The van der Waals surface area contributed by atoms with Gasteiger partial charge < -0.3 is 15.0 Å². The van der Waals surface area contributed by atoms with Crippen molar-refractivity contribution < 1.29 is 9.53 Å². The van der Waals surface area contributed by atoms with Crippen molar-refractivity contribution >= 4 is 11.6 Å². The van der Waals surface area contributed by atoms with Crippen LogP contribution in [0.5, 0.6) is 5.75 Å². The molecule has 4 nitrogen and oxygen atoms in total. The van der Waals surface area contributed by atoms with Crippen molar-refractivity contribution in [2.24, 2.45) is 0 Å². The zero-order valence-electron chi connectivity index (χ0n) is 17.1. The van der Waals surface area contributed by atoms with E-state index in [1.165, 1.54) is 25.7 Å². The number of para-hydroxylation sites is 1. The van der Waals surface area contributed by atoms with Crippen LogP contribution in [-0.4, -0.2) is 24.0 Å². The Labute approximate surface area is 168 Å². The standard InChI is InChI=1S/C24H32N2O2/c1-3-5-6-7-10-18-28-20-15-13-19(14-16-20)23-25-22-12-9-8-11-21(22)24(27)26(23)17-4-2/h8-9,11-16,23,25H,3-7,10,17-18H2,1-2H3. The van der Waals surface area contributed by atoms with Crippen LogP contribution in [0.4, 0.5) is 5.69 Å². The molecule has 1 N–H and O–H groups in total. The largest absolute Gasteiger partial charge is 0.494 e. The first-order chi connectivity index (χ1) is 13.7. The molecular weight excluding hydrogens is 348 g/mol. The van der Waals surface area contributed by atoms with Gasteiger partial charge >= 0.3 is 0 Å². The number of amides is 1. The quantitative estimate of drug-likeness (QED) is 0.513. The number of fused-ring (bicyclic) bond motifs is 1. The first-order valence-electron chi connectivity index (χ1n) is 10.6. The van der Waals surface area contributed by atoms with Crippen LogP contribution in [-0.2, 0) is 0 Å². The highest BCUT2D eigenvalue weighted by Gasteiger charge is 2.31. The maximum Gasteiger partial charge on any atom is 0.257 e. The molecule has 0 spiro atoms. The summed E-state index contributed by atoms with van der Waals surface area (Å²) in [5.74, 6) is 0.984. The van der Waals surface area contributed by atoms with Gasteiger partial charge in [0.25, 0.3) is 5.91 Å². The summed E-state index contributed by atoms with van der Waals surface area (Å²) in [6.45, 7) is 5.81. The molecule has 0 aliphatic carbocycles. The van der Waals surface area contributed by atoms with Gasteiger partial charge in [-0.1, -0.05) is 63.8 Å². The van der Waals surface area contributed by atoms with Crippen molar-refractivity contribution in [1.82, 2.24) is 4.90 Å². The van der Waals surface area contributed by atoms with Gasteiger partial charge in [-0.3, -0.25) is 4.79 Å². The molecule has 0 saturated carbocycles. The minimum atomic E-state index is -0.148. The monoisotopic (exact) mass is 380 g/mol. The molecule has 1 aliphatic heterocycles. The summed E-state index contributed by atoms with van der Waals surface area (Å²) in [6, 6.07) is 15.9. The Hall–Kier alpha value is -2.49. The molecule has 1 heterocycles. The predicted octanol–water partition coefficient (Wildman–Crippen LogP) is 6.01. The van der Waals surface area contributed by atoms with Crippen LogP contribution in [0, 0.1) is 0 Å². The van der Waals surface area contributed by atoms with Crippen LogP contribution in [0.15, 0.2) is 48.5 Å². The summed E-state index contributed by atoms with van der Waals surface area (Å²) >= 11 is 0. The van der Waals surface area contributed by atoms with Crippen molar-refractivity contribution in [1.29, 1.82) is 0 Å². The van der Waals surface area contributed by atoms with E-state index < -0.39 is 0 Å². The molecule has 1 atom stereocenters. The average molecular weight is 381 g/mol. The third-order valence-electron chi connectivity index (χ3n) is 5.20. The number of unbranched alkanes of at least 4 members (excludes halogenated alkanes) is 4. The minimum Gasteiger partial charge on any atom is -0.494 e. The number of carbonyl (C=O) groups is 1. The van der Waals surface area contributed by atoms with Gasteiger partial charge in [-0.05, 0) is 42.7 Å². The van der Waals surface area contributed by atoms with Crippen molar-refractivity contribution in [2.75, 3.05) is 18.5 Å². The summed E-state index contributed by atoms with van der Waals surface area (Å²) in [4.78, 5) is 14.9. The van der Waals surface area contributed by atoms with E-state index in [-0.39, 0.29) is 12.1 Å². The fourth-order valence-electron chi connectivity index (χ4n) is 3.67. The third-order valence-corrected chi connectivity index (χ3v) is 5.20. The van der Waals surface area contributed by atoms with Crippen molar-refractivity contribution in [3.05, 3.63) is 59.7 Å². The van der Waals surface area contributed by atoms with Crippen LogP contribution in [0.25, 0.3) is 0 Å². The number of benzene rings is 2. The predicted molar refractivity (Wildman–Crippen MR) is 115 cm³/mol. The highest BCUT2D eigenvalue weighted by Crippen LogP contribution is 2.33. The summed E-state index contributed by atoms with van der Waals surface area (Å²) in [7, 11) is 0. The zero-order chi connectivity index (χ0) is 19.8. The Bertz CT molecular complexity index is 757. The fraction of sp³-hybridized carbons (Fsp3) is 0.458. The fourth-order valence-corrected chi connectivity index (χ4v) is 3.67. The van der Waals surface area contributed by atoms with Gasteiger partial charge in [0.15, 0.2) is 0 Å². The second kappa shape index (κ2) is 10.2. The van der Waals surface area contributed by atoms with Gasteiger partial charge in [0.05, 0.1) is 12.2 Å². The van der Waals surface area contributed by atoms with E-state index in [0.717, 1.165) is 48.6 Å². The van der Waals surface area contributed by atoms with Crippen molar-refractivity contribution in [3.8, 4) is 5.75 Å². The lowest BCUT2D eigenvalue weighted by molar-refractivity contribution is 0.0683. The smallest absolute Gasteiger partial charge is 0.257 e. The summed E-state index contributed by atoms with van der Waals surface area (Å²) in [6.07, 6.45) is 6.96. The summed E-state index contributed by atoms with van der Waals surface area (Å²) in [5.41, 5.74) is 2.72. The molecule has 28 heavy (non-hydrogen) atoms. The van der Waals surface area contributed by atoms with Gasteiger partial charge in [-0.25, -0.2) is 0 Å². The molecule has 1 unspecified atom stereocenters. The lowest BCUT2D eigenvalue weighted by atomic mass is 10.0. The van der Waals surface area contributed by atoms with Crippen molar-refractivity contribution in [3.63, 3.8) is 0 Å². The molecule has 0 saturated heterocycles. The first kappa shape index (κ1) is 20.2. The molecule has 4 heteroatoms. The molecule has 2 aromatic rings. The van der Waals surface area contributed by atoms with Crippen molar-refractivity contribution in [2.45, 2.75) is 58.5 Å². The number of hydrogen-bond donors (Lipinski definition) is 1. The van der Waals surface area contributed by atoms with E-state index >= 15 is 0 Å². The molecule has 3 rings (SSSR count). The average Bonchev–Trinajstić information content (AvgIpc) is 2.73. The second-order valence-electron chi connectivity index (χ2n) is 7.42. The number of nitrogens with one attached hydrogen (secondary N) is 1. The second-order valence-corrected chi connectivity index (χ2v) is 7.42. The molecule has 0 bridgehead atoms.